The molecule has 0 heterocycles. The van der Waals surface area contributed by atoms with Crippen LogP contribution in [0.4, 0.5) is 5.69 Å². The van der Waals surface area contributed by atoms with E-state index in [0.29, 0.717) is 15.2 Å². The van der Waals surface area contributed by atoms with E-state index in [1.807, 2.05) is 12.1 Å². The molecule has 3 nitrogen and oxygen atoms in total. The lowest BCUT2D eigenvalue weighted by Gasteiger charge is -2.12. The standard InChI is InChI=1S/C12H16ClN3S2/c1-2-3-8-14-11(17)16-12(18)15-10-6-4-9(13)5-7-10/h4-7H,2-3,8H2,1H3,(H3,14,15,16,17,18). The minimum absolute atomic E-state index is 0.464. The maximum atomic E-state index is 5.80. The molecule has 3 N–H and O–H groups in total. The van der Waals surface area contributed by atoms with Crippen LogP contribution in [0.5, 0.6) is 0 Å². The molecule has 0 saturated carbocycles. The number of halogens is 1. The Morgan fingerprint density at radius 3 is 2.44 bits per heavy atom. The van der Waals surface area contributed by atoms with E-state index >= 15 is 0 Å². The van der Waals surface area contributed by atoms with Crippen LogP contribution in [0.15, 0.2) is 24.3 Å². The number of benzene rings is 1. The zero-order valence-corrected chi connectivity index (χ0v) is 12.5. The van der Waals surface area contributed by atoms with E-state index in [1.54, 1.807) is 12.1 Å². The first-order chi connectivity index (χ1) is 8.61. The lowest BCUT2D eigenvalue weighted by Crippen LogP contribution is -2.41. The van der Waals surface area contributed by atoms with Crippen LogP contribution in [-0.2, 0) is 0 Å². The van der Waals surface area contributed by atoms with Crippen LogP contribution >= 0.6 is 36.0 Å². The third-order valence-corrected chi connectivity index (χ3v) is 2.85. The van der Waals surface area contributed by atoms with Gasteiger partial charge in [-0.3, -0.25) is 0 Å². The van der Waals surface area contributed by atoms with Gasteiger partial charge in [0.1, 0.15) is 0 Å². The molecule has 0 aliphatic rings. The van der Waals surface area contributed by atoms with Gasteiger partial charge in [0.05, 0.1) is 0 Å². The molecule has 0 radical (unpaired) electrons. The summed E-state index contributed by atoms with van der Waals surface area (Å²) in [5, 5.41) is 10.7. The minimum atomic E-state index is 0.464. The van der Waals surface area contributed by atoms with Crippen LogP contribution in [0, 0.1) is 0 Å². The fraction of sp³-hybridized carbons (Fsp3) is 0.333. The van der Waals surface area contributed by atoms with Gasteiger partial charge in [-0.1, -0.05) is 24.9 Å². The Labute approximate surface area is 123 Å². The van der Waals surface area contributed by atoms with Gasteiger partial charge in [-0.05, 0) is 55.1 Å². The highest BCUT2D eigenvalue weighted by Crippen LogP contribution is 2.12. The Hall–Kier alpha value is -0.910. The summed E-state index contributed by atoms with van der Waals surface area (Å²) in [6, 6.07) is 7.29. The molecule has 0 spiro atoms. The van der Waals surface area contributed by atoms with Crippen LogP contribution in [-0.4, -0.2) is 16.8 Å². The normalized spacial score (nSPS) is 9.67. The Kier molecular flexibility index (Phi) is 6.93. The van der Waals surface area contributed by atoms with Crippen molar-refractivity contribution in [2.45, 2.75) is 19.8 Å². The lowest BCUT2D eigenvalue weighted by molar-refractivity contribution is 0.753. The van der Waals surface area contributed by atoms with Gasteiger partial charge in [0.2, 0.25) is 0 Å². The van der Waals surface area contributed by atoms with Gasteiger partial charge in [-0.15, -0.1) is 0 Å². The second-order valence-electron chi connectivity index (χ2n) is 3.70. The van der Waals surface area contributed by atoms with Crippen molar-refractivity contribution in [2.24, 2.45) is 0 Å². The van der Waals surface area contributed by atoms with Crippen molar-refractivity contribution in [3.8, 4) is 0 Å². The average molecular weight is 302 g/mol. The van der Waals surface area contributed by atoms with E-state index in [2.05, 4.69) is 22.9 Å². The maximum absolute atomic E-state index is 5.80. The lowest BCUT2D eigenvalue weighted by atomic mass is 10.3. The first-order valence-electron chi connectivity index (χ1n) is 5.73. The molecule has 98 valence electrons. The monoisotopic (exact) mass is 301 g/mol. The quantitative estimate of drug-likeness (QED) is 0.587. The van der Waals surface area contributed by atoms with Crippen molar-refractivity contribution < 1.29 is 0 Å². The summed E-state index contributed by atoms with van der Waals surface area (Å²) in [4.78, 5) is 0. The smallest absolute Gasteiger partial charge is 0.177 e. The van der Waals surface area contributed by atoms with E-state index < -0.39 is 0 Å². The molecule has 0 atom stereocenters. The molecule has 18 heavy (non-hydrogen) atoms. The Bertz CT molecular complexity index is 406. The van der Waals surface area contributed by atoms with Gasteiger partial charge >= 0.3 is 0 Å². The van der Waals surface area contributed by atoms with E-state index in [1.165, 1.54) is 0 Å². The fourth-order valence-corrected chi connectivity index (χ4v) is 1.84. The zero-order chi connectivity index (χ0) is 13.4. The summed E-state index contributed by atoms with van der Waals surface area (Å²) in [5.41, 5.74) is 0.869. The van der Waals surface area contributed by atoms with Gasteiger partial charge in [-0.25, -0.2) is 0 Å². The van der Waals surface area contributed by atoms with E-state index in [4.69, 9.17) is 36.0 Å². The second-order valence-corrected chi connectivity index (χ2v) is 4.95. The molecule has 1 aromatic rings. The first kappa shape index (κ1) is 15.1. The summed E-state index contributed by atoms with van der Waals surface area (Å²) in [5.74, 6) is 0. The minimum Gasteiger partial charge on any atom is -0.362 e. The van der Waals surface area contributed by atoms with Crippen molar-refractivity contribution in [3.05, 3.63) is 29.3 Å². The molecule has 0 aliphatic heterocycles. The summed E-state index contributed by atoms with van der Waals surface area (Å²) < 4.78 is 0. The van der Waals surface area contributed by atoms with Gasteiger partial charge in [-0.2, -0.15) is 0 Å². The Balaban J connectivity index is 2.32. The molecule has 0 amide bonds. The number of rotatable bonds is 4. The van der Waals surface area contributed by atoms with Crippen LogP contribution in [0.2, 0.25) is 5.02 Å². The molecule has 0 unspecified atom stereocenters. The third-order valence-electron chi connectivity index (χ3n) is 2.15. The predicted molar refractivity (Wildman–Crippen MR) is 86.3 cm³/mol. The SMILES string of the molecule is CCCCNC(=S)NC(=S)Nc1ccc(Cl)cc1. The number of nitrogens with one attached hydrogen (secondary N) is 3. The van der Waals surface area contributed by atoms with Crippen molar-refractivity contribution >= 4 is 51.9 Å². The molecule has 0 fully saturated rings. The summed E-state index contributed by atoms with van der Waals surface area (Å²) >= 11 is 16.0. The largest absolute Gasteiger partial charge is 0.362 e. The summed E-state index contributed by atoms with van der Waals surface area (Å²) in [7, 11) is 0. The molecule has 6 heteroatoms. The highest BCUT2D eigenvalue weighted by molar-refractivity contribution is 7.82. The fourth-order valence-electron chi connectivity index (χ4n) is 1.22. The number of anilines is 1. The van der Waals surface area contributed by atoms with Crippen molar-refractivity contribution in [2.75, 3.05) is 11.9 Å². The van der Waals surface area contributed by atoms with Crippen LogP contribution < -0.4 is 16.0 Å². The average Bonchev–Trinajstić information content (AvgIpc) is 2.32. The van der Waals surface area contributed by atoms with Gasteiger partial charge in [0.15, 0.2) is 10.2 Å². The van der Waals surface area contributed by atoms with Gasteiger partial charge < -0.3 is 16.0 Å². The van der Waals surface area contributed by atoms with Crippen LogP contribution in [0.25, 0.3) is 0 Å². The number of thiocarbonyl (C=S) groups is 2. The van der Waals surface area contributed by atoms with E-state index in [-0.39, 0.29) is 0 Å². The molecule has 0 saturated heterocycles. The van der Waals surface area contributed by atoms with Crippen molar-refractivity contribution in [3.63, 3.8) is 0 Å². The highest BCUT2D eigenvalue weighted by Gasteiger charge is 2.00. The third kappa shape index (κ3) is 6.14. The highest BCUT2D eigenvalue weighted by atomic mass is 35.5. The topological polar surface area (TPSA) is 36.1 Å². The molecular weight excluding hydrogens is 286 g/mol. The summed E-state index contributed by atoms with van der Waals surface area (Å²) in [6.45, 7) is 2.98. The van der Waals surface area contributed by atoms with Crippen molar-refractivity contribution in [1.82, 2.24) is 10.6 Å². The first-order valence-corrected chi connectivity index (χ1v) is 6.92. The predicted octanol–water partition coefficient (Wildman–Crippen LogP) is 3.30. The van der Waals surface area contributed by atoms with Gasteiger partial charge in [0.25, 0.3) is 0 Å². The molecule has 0 bridgehead atoms. The maximum Gasteiger partial charge on any atom is 0.177 e. The van der Waals surface area contributed by atoms with E-state index in [0.717, 1.165) is 25.1 Å². The Morgan fingerprint density at radius 2 is 1.83 bits per heavy atom. The van der Waals surface area contributed by atoms with Crippen molar-refractivity contribution in [1.29, 1.82) is 0 Å². The molecule has 1 aromatic carbocycles. The molecule has 0 aliphatic carbocycles. The number of hydrogen-bond acceptors (Lipinski definition) is 2. The molecule has 1 rings (SSSR count). The number of hydrogen-bond donors (Lipinski definition) is 3. The number of unbranched alkanes of at least 4 members (excludes halogenated alkanes) is 1. The zero-order valence-electron chi connectivity index (χ0n) is 10.1. The van der Waals surface area contributed by atoms with E-state index in [9.17, 15) is 0 Å². The second kappa shape index (κ2) is 8.24. The molecule has 0 aromatic heterocycles. The van der Waals surface area contributed by atoms with Crippen LogP contribution in [0.1, 0.15) is 19.8 Å². The Morgan fingerprint density at radius 1 is 1.17 bits per heavy atom. The van der Waals surface area contributed by atoms with Gasteiger partial charge in [0, 0.05) is 17.3 Å². The summed E-state index contributed by atoms with van der Waals surface area (Å²) in [6.07, 6.45) is 2.21. The van der Waals surface area contributed by atoms with Crippen LogP contribution in [0.3, 0.4) is 0 Å². The molecular formula is C12H16ClN3S2.